The van der Waals surface area contributed by atoms with Crippen LogP contribution >= 0.6 is 23.2 Å². The van der Waals surface area contributed by atoms with Crippen molar-refractivity contribution in [3.05, 3.63) is 106 Å². The molecule has 3 aromatic rings. The predicted molar refractivity (Wildman–Crippen MR) is 144 cm³/mol. The van der Waals surface area contributed by atoms with E-state index in [-0.39, 0.29) is 23.7 Å². The SMILES string of the molecule is COc1ccc(C(=C2[C@H]3C=C[C@H]2[C@H]2C(=O)N(c4cc(Cl)ccc4Cl)C(=O)[C@@H]23)c2ccc(OC)cc2)cc1. The molecule has 2 amide bonds. The molecule has 1 saturated heterocycles. The second-order valence-corrected chi connectivity index (χ2v) is 10.2. The molecule has 2 fully saturated rings. The Kier molecular flexibility index (Phi) is 5.85. The second kappa shape index (κ2) is 9.09. The van der Waals surface area contributed by atoms with Gasteiger partial charge in [0.25, 0.3) is 0 Å². The largest absolute Gasteiger partial charge is 0.497 e. The summed E-state index contributed by atoms with van der Waals surface area (Å²) >= 11 is 12.6. The molecule has 7 heteroatoms. The van der Waals surface area contributed by atoms with Crippen molar-refractivity contribution >= 4 is 46.3 Å². The van der Waals surface area contributed by atoms with Crippen LogP contribution in [-0.4, -0.2) is 26.0 Å². The Morgan fingerprint density at radius 3 is 1.68 bits per heavy atom. The van der Waals surface area contributed by atoms with Gasteiger partial charge in [0, 0.05) is 16.9 Å². The van der Waals surface area contributed by atoms with Crippen LogP contribution in [0.2, 0.25) is 10.0 Å². The van der Waals surface area contributed by atoms with Crippen LogP contribution in [0.3, 0.4) is 0 Å². The van der Waals surface area contributed by atoms with Gasteiger partial charge in [-0.3, -0.25) is 9.59 Å². The number of carbonyl (C=O) groups is 2. The number of fused-ring (bicyclic) bond motifs is 5. The molecular formula is C30H23Cl2NO4. The maximum absolute atomic E-state index is 13.8. The van der Waals surface area contributed by atoms with Gasteiger partial charge in [0.05, 0.1) is 36.8 Å². The third-order valence-electron chi connectivity index (χ3n) is 7.61. The van der Waals surface area contributed by atoms with Gasteiger partial charge in [0.1, 0.15) is 11.5 Å². The molecule has 2 bridgehead atoms. The highest BCUT2D eigenvalue weighted by atomic mass is 35.5. The van der Waals surface area contributed by atoms with Crippen LogP contribution in [0.15, 0.2) is 84.5 Å². The maximum Gasteiger partial charge on any atom is 0.238 e. The van der Waals surface area contributed by atoms with Crippen molar-refractivity contribution < 1.29 is 19.1 Å². The van der Waals surface area contributed by atoms with E-state index in [1.165, 1.54) is 4.90 Å². The predicted octanol–water partition coefficient (Wildman–Crippen LogP) is 6.43. The Morgan fingerprint density at radius 2 is 1.22 bits per heavy atom. The number of benzene rings is 3. The molecule has 1 saturated carbocycles. The molecule has 0 spiro atoms. The van der Waals surface area contributed by atoms with Gasteiger partial charge in [0.15, 0.2) is 0 Å². The molecule has 6 rings (SSSR count). The summed E-state index contributed by atoms with van der Waals surface area (Å²) in [5.41, 5.74) is 4.44. The Morgan fingerprint density at radius 1 is 0.730 bits per heavy atom. The zero-order valence-corrected chi connectivity index (χ0v) is 21.7. The summed E-state index contributed by atoms with van der Waals surface area (Å²) in [6.07, 6.45) is 4.14. The quantitative estimate of drug-likeness (QED) is 0.281. The summed E-state index contributed by atoms with van der Waals surface area (Å²) in [5, 5.41) is 0.735. The van der Waals surface area contributed by atoms with E-state index in [9.17, 15) is 9.59 Å². The van der Waals surface area contributed by atoms with Crippen LogP contribution in [-0.2, 0) is 9.59 Å². The molecule has 37 heavy (non-hydrogen) atoms. The average Bonchev–Trinajstić information content (AvgIpc) is 3.55. The zero-order chi connectivity index (χ0) is 25.8. The minimum Gasteiger partial charge on any atom is -0.497 e. The number of hydrogen-bond donors (Lipinski definition) is 0. The van der Waals surface area contributed by atoms with E-state index in [0.717, 1.165) is 33.8 Å². The fourth-order valence-corrected chi connectivity index (χ4v) is 6.37. The molecule has 1 aliphatic heterocycles. The third kappa shape index (κ3) is 3.68. The molecule has 3 aliphatic rings. The van der Waals surface area contributed by atoms with Crippen molar-refractivity contribution in [2.24, 2.45) is 23.7 Å². The van der Waals surface area contributed by atoms with Crippen molar-refractivity contribution in [1.29, 1.82) is 0 Å². The summed E-state index contributed by atoms with van der Waals surface area (Å²) in [6, 6.07) is 20.6. The Labute approximate surface area is 224 Å². The number of anilines is 1. The monoisotopic (exact) mass is 531 g/mol. The molecule has 1 heterocycles. The molecule has 0 radical (unpaired) electrons. The molecule has 0 N–H and O–H groups in total. The van der Waals surface area contributed by atoms with Crippen LogP contribution in [0.1, 0.15) is 11.1 Å². The highest BCUT2D eigenvalue weighted by molar-refractivity contribution is 6.38. The summed E-state index contributed by atoms with van der Waals surface area (Å²) in [6.45, 7) is 0. The van der Waals surface area contributed by atoms with E-state index in [0.29, 0.717) is 15.7 Å². The first-order valence-corrected chi connectivity index (χ1v) is 12.7. The molecule has 2 aliphatic carbocycles. The Bertz CT molecular complexity index is 1390. The topological polar surface area (TPSA) is 55.8 Å². The highest BCUT2D eigenvalue weighted by Gasteiger charge is 2.62. The van der Waals surface area contributed by atoms with Crippen LogP contribution in [0.4, 0.5) is 5.69 Å². The number of halogens is 2. The molecule has 0 unspecified atom stereocenters. The number of allylic oxidation sites excluding steroid dienone is 3. The fraction of sp³-hybridized carbons (Fsp3) is 0.200. The van der Waals surface area contributed by atoms with Gasteiger partial charge in [-0.25, -0.2) is 4.90 Å². The molecule has 5 nitrogen and oxygen atoms in total. The lowest BCUT2D eigenvalue weighted by atomic mass is 9.85. The van der Waals surface area contributed by atoms with Crippen LogP contribution in [0, 0.1) is 23.7 Å². The van der Waals surface area contributed by atoms with Crippen molar-refractivity contribution in [2.45, 2.75) is 0 Å². The third-order valence-corrected chi connectivity index (χ3v) is 8.17. The summed E-state index contributed by atoms with van der Waals surface area (Å²) < 4.78 is 10.7. The summed E-state index contributed by atoms with van der Waals surface area (Å²) in [4.78, 5) is 28.8. The number of ether oxygens (including phenoxy) is 2. The van der Waals surface area contributed by atoms with E-state index in [2.05, 4.69) is 12.2 Å². The van der Waals surface area contributed by atoms with Crippen molar-refractivity contribution in [2.75, 3.05) is 19.1 Å². The molecule has 186 valence electrons. The maximum atomic E-state index is 13.8. The van der Waals surface area contributed by atoms with Gasteiger partial charge in [-0.1, -0.05) is 59.6 Å². The normalized spacial score (nSPS) is 23.6. The second-order valence-electron chi connectivity index (χ2n) is 9.38. The molecule has 0 aromatic heterocycles. The number of methoxy groups -OCH3 is 2. The first-order valence-electron chi connectivity index (χ1n) is 12.0. The van der Waals surface area contributed by atoms with E-state index in [1.54, 1.807) is 32.4 Å². The lowest BCUT2D eigenvalue weighted by Gasteiger charge is -2.22. The van der Waals surface area contributed by atoms with Gasteiger partial charge in [-0.05, 0) is 64.7 Å². The standard InChI is InChI=1S/C30H23Cl2NO4/c1-36-19-8-3-16(4-9-19)25(17-5-10-20(37-2)11-6-17)26-21-12-13-22(26)28-27(21)29(34)33(30(28)35)24-15-18(31)7-14-23(24)32/h3-15,21-22,27-28H,1-2H3/t21-,22-,27-,28-/m1/s1. The van der Waals surface area contributed by atoms with E-state index in [1.807, 2.05) is 48.5 Å². The highest BCUT2D eigenvalue weighted by Crippen LogP contribution is 2.59. The summed E-state index contributed by atoms with van der Waals surface area (Å²) in [5.74, 6) is -0.340. The number of nitrogens with zero attached hydrogens (tertiary/aromatic N) is 1. The van der Waals surface area contributed by atoms with Crippen molar-refractivity contribution in [3.8, 4) is 11.5 Å². The number of carbonyl (C=O) groups excluding carboxylic acids is 2. The van der Waals surface area contributed by atoms with Gasteiger partial charge < -0.3 is 9.47 Å². The van der Waals surface area contributed by atoms with Gasteiger partial charge in [-0.2, -0.15) is 0 Å². The fourth-order valence-electron chi connectivity index (χ4n) is 6.01. The van der Waals surface area contributed by atoms with Gasteiger partial charge in [-0.15, -0.1) is 0 Å². The minimum absolute atomic E-state index is 0.200. The number of amides is 2. The molecule has 3 aromatic carbocycles. The average molecular weight is 532 g/mol. The molecular weight excluding hydrogens is 509 g/mol. The van der Waals surface area contributed by atoms with Gasteiger partial charge >= 0.3 is 0 Å². The smallest absolute Gasteiger partial charge is 0.238 e. The van der Waals surface area contributed by atoms with Crippen LogP contribution < -0.4 is 14.4 Å². The van der Waals surface area contributed by atoms with E-state index >= 15 is 0 Å². The Balaban J connectivity index is 1.48. The van der Waals surface area contributed by atoms with E-state index < -0.39 is 11.8 Å². The van der Waals surface area contributed by atoms with Gasteiger partial charge in [0.2, 0.25) is 11.8 Å². The minimum atomic E-state index is -0.487. The first-order chi connectivity index (χ1) is 17.9. The van der Waals surface area contributed by atoms with Crippen molar-refractivity contribution in [3.63, 3.8) is 0 Å². The van der Waals surface area contributed by atoms with Crippen LogP contribution in [0.5, 0.6) is 11.5 Å². The number of rotatable bonds is 5. The summed E-state index contributed by atoms with van der Waals surface area (Å²) in [7, 11) is 3.27. The molecule has 4 atom stereocenters. The van der Waals surface area contributed by atoms with Crippen LogP contribution in [0.25, 0.3) is 5.57 Å². The van der Waals surface area contributed by atoms with E-state index in [4.69, 9.17) is 32.7 Å². The lowest BCUT2D eigenvalue weighted by molar-refractivity contribution is -0.122. The number of imide groups is 1. The lowest BCUT2D eigenvalue weighted by Crippen LogP contribution is -2.33. The zero-order valence-electron chi connectivity index (χ0n) is 20.2. The first kappa shape index (κ1) is 23.8. The van der Waals surface area contributed by atoms with Crippen molar-refractivity contribution in [1.82, 2.24) is 0 Å². The number of hydrogen-bond acceptors (Lipinski definition) is 4. The Hall–Kier alpha value is -3.54.